The molecular weight excluding hydrogens is 409 g/mol. The zero-order chi connectivity index (χ0) is 19.2. The summed E-state index contributed by atoms with van der Waals surface area (Å²) in [5.74, 6) is 0.978. The number of halogens is 2. The summed E-state index contributed by atoms with van der Waals surface area (Å²) in [6, 6.07) is 12.5. The van der Waals surface area contributed by atoms with Crippen molar-refractivity contribution < 1.29 is 13.9 Å². The Labute approximate surface area is 170 Å². The van der Waals surface area contributed by atoms with E-state index in [4.69, 9.17) is 32.4 Å². The minimum absolute atomic E-state index is 0.112. The van der Waals surface area contributed by atoms with Crippen molar-refractivity contribution in [3.05, 3.63) is 64.0 Å². The van der Waals surface area contributed by atoms with E-state index in [1.807, 2.05) is 31.2 Å². The molecule has 0 aliphatic heterocycles. The summed E-state index contributed by atoms with van der Waals surface area (Å²) in [6.07, 6.45) is 0. The topological polar surface area (TPSA) is 77.2 Å². The minimum Gasteiger partial charge on any atom is -0.484 e. The maximum atomic E-state index is 12.0. The number of carbonyl (C=O) groups excluding carboxylic acids is 1. The van der Waals surface area contributed by atoms with Gasteiger partial charge in [-0.3, -0.25) is 4.79 Å². The summed E-state index contributed by atoms with van der Waals surface area (Å²) in [5.41, 5.74) is 1.58. The van der Waals surface area contributed by atoms with Crippen LogP contribution < -0.4 is 10.1 Å². The third kappa shape index (κ3) is 5.63. The number of benzene rings is 2. The molecule has 0 aliphatic rings. The maximum Gasteiger partial charge on any atom is 0.277 e. The quantitative estimate of drug-likeness (QED) is 0.539. The lowest BCUT2D eigenvalue weighted by Crippen LogP contribution is -2.13. The Balaban J connectivity index is 1.48. The summed E-state index contributed by atoms with van der Waals surface area (Å²) in [4.78, 5) is 12.0. The van der Waals surface area contributed by atoms with E-state index in [9.17, 15) is 4.79 Å². The molecule has 27 heavy (non-hydrogen) atoms. The van der Waals surface area contributed by atoms with E-state index in [0.29, 0.717) is 26.8 Å². The monoisotopic (exact) mass is 423 g/mol. The van der Waals surface area contributed by atoms with E-state index in [1.54, 1.807) is 18.2 Å². The largest absolute Gasteiger partial charge is 0.484 e. The Kier molecular flexibility index (Phi) is 6.60. The molecule has 1 heterocycles. The number of ether oxygens (including phenoxy) is 1. The lowest BCUT2D eigenvalue weighted by atomic mass is 10.2. The molecule has 0 unspecified atom stereocenters. The fraction of sp³-hybridized carbons (Fsp3) is 0.167. The van der Waals surface area contributed by atoms with Crippen molar-refractivity contribution in [1.29, 1.82) is 0 Å². The number of thioether (sulfide) groups is 1. The molecule has 140 valence electrons. The van der Waals surface area contributed by atoms with Crippen LogP contribution in [-0.2, 0) is 11.4 Å². The number of nitrogens with zero attached hydrogens (tertiary/aromatic N) is 2. The summed E-state index contributed by atoms with van der Waals surface area (Å²) >= 11 is 12.9. The summed E-state index contributed by atoms with van der Waals surface area (Å²) in [7, 11) is 0. The van der Waals surface area contributed by atoms with Gasteiger partial charge in [-0.05, 0) is 36.8 Å². The highest BCUT2D eigenvalue weighted by molar-refractivity contribution is 7.99. The molecule has 9 heteroatoms. The second kappa shape index (κ2) is 9.12. The van der Waals surface area contributed by atoms with Crippen LogP contribution in [0.3, 0.4) is 0 Å². The molecule has 6 nitrogen and oxygen atoms in total. The third-order valence-electron chi connectivity index (χ3n) is 3.42. The first kappa shape index (κ1) is 19.5. The smallest absolute Gasteiger partial charge is 0.277 e. The standard InChI is InChI=1S/C18H15Cl2N3O3S/c1-11-4-2-3-5-15(11)25-9-17-22-23-18(26-17)27-10-16(24)21-12-6-7-13(19)14(20)8-12/h2-8H,9-10H2,1H3,(H,21,24). The zero-order valence-corrected chi connectivity index (χ0v) is 16.6. The Bertz CT molecular complexity index is 949. The molecule has 0 saturated carbocycles. The number of aromatic nitrogens is 2. The van der Waals surface area contributed by atoms with Crippen molar-refractivity contribution in [3.63, 3.8) is 0 Å². The van der Waals surface area contributed by atoms with Crippen LogP contribution in [0.1, 0.15) is 11.5 Å². The Hall–Kier alpha value is -2.22. The predicted octanol–water partition coefficient (Wildman–Crippen LogP) is 4.99. The first-order valence-corrected chi connectivity index (χ1v) is 9.64. The SMILES string of the molecule is Cc1ccccc1OCc1nnc(SCC(=O)Nc2ccc(Cl)c(Cl)c2)o1. The Morgan fingerprint density at radius 2 is 2.00 bits per heavy atom. The first-order valence-electron chi connectivity index (χ1n) is 7.90. The molecule has 0 fully saturated rings. The average molecular weight is 424 g/mol. The maximum absolute atomic E-state index is 12.0. The second-order valence-corrected chi connectivity index (χ2v) is 7.22. The van der Waals surface area contributed by atoms with Crippen LogP contribution in [0.4, 0.5) is 5.69 Å². The zero-order valence-electron chi connectivity index (χ0n) is 14.2. The molecule has 3 aromatic rings. The molecular formula is C18H15Cl2N3O3S. The van der Waals surface area contributed by atoms with Crippen LogP contribution in [0, 0.1) is 6.92 Å². The van der Waals surface area contributed by atoms with Gasteiger partial charge in [-0.25, -0.2) is 0 Å². The van der Waals surface area contributed by atoms with Crippen molar-refractivity contribution in [2.24, 2.45) is 0 Å². The average Bonchev–Trinajstić information content (AvgIpc) is 3.10. The second-order valence-electron chi connectivity index (χ2n) is 5.48. The molecule has 2 aromatic carbocycles. The van der Waals surface area contributed by atoms with E-state index >= 15 is 0 Å². The van der Waals surface area contributed by atoms with E-state index in [-0.39, 0.29) is 18.3 Å². The predicted molar refractivity (Wildman–Crippen MR) is 106 cm³/mol. The molecule has 0 radical (unpaired) electrons. The van der Waals surface area contributed by atoms with Gasteiger partial charge in [-0.2, -0.15) is 0 Å². The van der Waals surface area contributed by atoms with E-state index in [1.165, 1.54) is 0 Å². The normalized spacial score (nSPS) is 10.6. The van der Waals surface area contributed by atoms with Gasteiger partial charge in [0.25, 0.3) is 11.1 Å². The van der Waals surface area contributed by atoms with Crippen molar-refractivity contribution >= 4 is 46.6 Å². The molecule has 1 amide bonds. The number of anilines is 1. The Morgan fingerprint density at radius 3 is 2.78 bits per heavy atom. The highest BCUT2D eigenvalue weighted by atomic mass is 35.5. The number of aryl methyl sites for hydroxylation is 1. The van der Waals surface area contributed by atoms with Crippen LogP contribution in [0.5, 0.6) is 5.75 Å². The number of hydrogen-bond acceptors (Lipinski definition) is 6. The van der Waals surface area contributed by atoms with Crippen LogP contribution in [0.2, 0.25) is 10.0 Å². The number of hydrogen-bond donors (Lipinski definition) is 1. The van der Waals surface area contributed by atoms with E-state index < -0.39 is 0 Å². The number of nitrogens with one attached hydrogen (secondary N) is 1. The van der Waals surface area contributed by atoms with Crippen molar-refractivity contribution in [2.45, 2.75) is 18.8 Å². The number of amides is 1. The summed E-state index contributed by atoms with van der Waals surface area (Å²) in [6.45, 7) is 2.12. The fourth-order valence-electron chi connectivity index (χ4n) is 2.11. The summed E-state index contributed by atoms with van der Waals surface area (Å²) in [5, 5.41) is 11.6. The van der Waals surface area contributed by atoms with Gasteiger partial charge < -0.3 is 14.5 Å². The van der Waals surface area contributed by atoms with Gasteiger partial charge in [0, 0.05) is 5.69 Å². The van der Waals surface area contributed by atoms with Crippen LogP contribution in [0.15, 0.2) is 52.1 Å². The van der Waals surface area contributed by atoms with Gasteiger partial charge in [0.15, 0.2) is 6.61 Å². The van der Waals surface area contributed by atoms with Crippen molar-refractivity contribution in [1.82, 2.24) is 10.2 Å². The van der Waals surface area contributed by atoms with Crippen molar-refractivity contribution in [2.75, 3.05) is 11.1 Å². The molecule has 0 saturated heterocycles. The molecule has 1 aromatic heterocycles. The third-order valence-corrected chi connectivity index (χ3v) is 4.98. The van der Waals surface area contributed by atoms with E-state index in [2.05, 4.69) is 15.5 Å². The highest BCUT2D eigenvalue weighted by Crippen LogP contribution is 2.25. The molecule has 1 N–H and O–H groups in total. The lowest BCUT2D eigenvalue weighted by molar-refractivity contribution is -0.113. The Morgan fingerprint density at radius 1 is 1.19 bits per heavy atom. The van der Waals surface area contributed by atoms with E-state index in [0.717, 1.165) is 23.1 Å². The van der Waals surface area contributed by atoms with Gasteiger partial charge in [-0.1, -0.05) is 53.2 Å². The highest BCUT2D eigenvalue weighted by Gasteiger charge is 2.11. The van der Waals surface area contributed by atoms with Gasteiger partial charge in [0.05, 0.1) is 15.8 Å². The van der Waals surface area contributed by atoms with Gasteiger partial charge >= 0.3 is 0 Å². The first-order chi connectivity index (χ1) is 13.0. The van der Waals surface area contributed by atoms with Crippen LogP contribution in [0.25, 0.3) is 0 Å². The van der Waals surface area contributed by atoms with Crippen LogP contribution >= 0.6 is 35.0 Å². The minimum atomic E-state index is -0.228. The number of para-hydroxylation sites is 1. The number of rotatable bonds is 7. The van der Waals surface area contributed by atoms with Gasteiger partial charge in [0.2, 0.25) is 5.91 Å². The lowest BCUT2D eigenvalue weighted by Gasteiger charge is -2.06. The molecule has 0 atom stereocenters. The molecule has 3 rings (SSSR count). The van der Waals surface area contributed by atoms with Crippen LogP contribution in [-0.4, -0.2) is 21.9 Å². The van der Waals surface area contributed by atoms with Crippen molar-refractivity contribution in [3.8, 4) is 5.75 Å². The molecule has 0 bridgehead atoms. The van der Waals surface area contributed by atoms with Gasteiger partial charge in [0.1, 0.15) is 5.75 Å². The van der Waals surface area contributed by atoms with Gasteiger partial charge in [-0.15, -0.1) is 10.2 Å². The summed E-state index contributed by atoms with van der Waals surface area (Å²) < 4.78 is 11.1. The fourth-order valence-corrected chi connectivity index (χ4v) is 2.99. The number of carbonyl (C=O) groups is 1. The molecule has 0 aliphatic carbocycles. The molecule has 0 spiro atoms.